The molecule has 2 nitrogen and oxygen atoms in total. The maximum atomic E-state index is 12.6. The number of rotatable bonds is 6. The number of ketones is 1. The largest absolute Gasteiger partial charge is 0.292 e. The first-order chi connectivity index (χ1) is 10.0. The highest BCUT2D eigenvalue weighted by molar-refractivity contribution is 7.10. The van der Waals surface area contributed by atoms with Crippen molar-refractivity contribution in [1.82, 2.24) is 4.90 Å². The molecular weight excluding hydrogens is 278 g/mol. The third-order valence-electron chi connectivity index (χ3n) is 4.20. The van der Waals surface area contributed by atoms with Gasteiger partial charge in [-0.05, 0) is 44.3 Å². The van der Waals surface area contributed by atoms with E-state index in [0.717, 1.165) is 12.0 Å². The van der Waals surface area contributed by atoms with Crippen LogP contribution < -0.4 is 0 Å². The molecule has 0 N–H and O–H groups in total. The lowest BCUT2D eigenvalue weighted by Gasteiger charge is -2.29. The average Bonchev–Trinajstić information content (AvgIpc) is 3.06. The van der Waals surface area contributed by atoms with E-state index in [4.69, 9.17) is 0 Å². The molecule has 3 heteroatoms. The Hall–Kier alpha value is -1.45. The molecule has 0 aliphatic heterocycles. The number of benzene rings is 1. The van der Waals surface area contributed by atoms with Crippen LogP contribution in [0.4, 0.5) is 0 Å². The lowest BCUT2D eigenvalue weighted by atomic mass is 10.0. The number of carbonyl (C=O) groups excluding carboxylic acids is 1. The standard InChI is InChI=1S/C18H23NOS/c1-5-15-8-10-16(11-9-15)18(20)14(3)19(4)13(2)17-7-6-12-21-17/h6-14H,5H2,1-4H3. The fourth-order valence-corrected chi connectivity index (χ4v) is 3.23. The zero-order valence-electron chi connectivity index (χ0n) is 13.2. The highest BCUT2D eigenvalue weighted by Crippen LogP contribution is 2.25. The fourth-order valence-electron chi connectivity index (χ4n) is 2.40. The van der Waals surface area contributed by atoms with Crippen molar-refractivity contribution in [2.24, 2.45) is 0 Å². The van der Waals surface area contributed by atoms with Gasteiger partial charge in [0.2, 0.25) is 0 Å². The van der Waals surface area contributed by atoms with E-state index >= 15 is 0 Å². The van der Waals surface area contributed by atoms with Crippen molar-refractivity contribution in [3.8, 4) is 0 Å². The van der Waals surface area contributed by atoms with Gasteiger partial charge in [0, 0.05) is 16.5 Å². The number of nitrogens with zero attached hydrogens (tertiary/aromatic N) is 1. The molecule has 112 valence electrons. The van der Waals surface area contributed by atoms with E-state index in [2.05, 4.69) is 36.3 Å². The van der Waals surface area contributed by atoms with Crippen LogP contribution >= 0.6 is 11.3 Å². The lowest BCUT2D eigenvalue weighted by molar-refractivity contribution is 0.0828. The smallest absolute Gasteiger partial charge is 0.179 e. The second-order valence-electron chi connectivity index (χ2n) is 5.45. The Morgan fingerprint density at radius 1 is 1.19 bits per heavy atom. The predicted molar refractivity (Wildman–Crippen MR) is 90.1 cm³/mol. The number of thiophene rings is 1. The molecule has 0 aliphatic carbocycles. The van der Waals surface area contributed by atoms with Crippen molar-refractivity contribution in [1.29, 1.82) is 0 Å². The number of carbonyl (C=O) groups is 1. The van der Waals surface area contributed by atoms with Gasteiger partial charge in [-0.25, -0.2) is 0 Å². The third-order valence-corrected chi connectivity index (χ3v) is 5.25. The van der Waals surface area contributed by atoms with Crippen LogP contribution in [0.2, 0.25) is 0 Å². The van der Waals surface area contributed by atoms with E-state index in [1.807, 2.05) is 38.2 Å². The molecule has 1 aromatic carbocycles. The third kappa shape index (κ3) is 3.60. The first-order valence-electron chi connectivity index (χ1n) is 7.43. The molecule has 0 fully saturated rings. The van der Waals surface area contributed by atoms with Crippen LogP contribution in [-0.2, 0) is 6.42 Å². The molecular formula is C18H23NOS. The van der Waals surface area contributed by atoms with E-state index < -0.39 is 0 Å². The molecule has 0 aliphatic rings. The number of aryl methyl sites for hydroxylation is 1. The summed E-state index contributed by atoms with van der Waals surface area (Å²) in [5.41, 5.74) is 2.06. The topological polar surface area (TPSA) is 20.3 Å². The molecule has 0 saturated carbocycles. The first kappa shape index (κ1) is 15.9. The Kier molecular flexibility index (Phi) is 5.32. The molecule has 0 bridgehead atoms. The fraction of sp³-hybridized carbons (Fsp3) is 0.389. The zero-order chi connectivity index (χ0) is 15.4. The lowest BCUT2D eigenvalue weighted by Crippen LogP contribution is -2.37. The molecule has 0 saturated heterocycles. The van der Waals surface area contributed by atoms with Crippen LogP contribution in [-0.4, -0.2) is 23.8 Å². The van der Waals surface area contributed by atoms with Crippen molar-refractivity contribution in [2.75, 3.05) is 7.05 Å². The number of Topliss-reactive ketones (excluding diaryl/α,β-unsaturated/α-hetero) is 1. The highest BCUT2D eigenvalue weighted by atomic mass is 32.1. The summed E-state index contributed by atoms with van der Waals surface area (Å²) in [6.45, 7) is 6.26. The summed E-state index contributed by atoms with van der Waals surface area (Å²) in [6.07, 6.45) is 0.999. The number of hydrogen-bond acceptors (Lipinski definition) is 3. The van der Waals surface area contributed by atoms with Crippen LogP contribution in [0.5, 0.6) is 0 Å². The van der Waals surface area contributed by atoms with Crippen LogP contribution in [0.15, 0.2) is 41.8 Å². The van der Waals surface area contributed by atoms with Gasteiger partial charge in [0.25, 0.3) is 0 Å². The maximum absolute atomic E-state index is 12.6. The average molecular weight is 301 g/mol. The zero-order valence-corrected chi connectivity index (χ0v) is 14.0. The minimum absolute atomic E-state index is 0.130. The molecule has 0 radical (unpaired) electrons. The molecule has 2 aromatic rings. The minimum Gasteiger partial charge on any atom is -0.292 e. The van der Waals surface area contributed by atoms with Crippen molar-refractivity contribution >= 4 is 17.1 Å². The molecule has 21 heavy (non-hydrogen) atoms. The second-order valence-corrected chi connectivity index (χ2v) is 6.43. The summed E-state index contributed by atoms with van der Waals surface area (Å²) in [4.78, 5) is 16.1. The molecule has 2 unspecified atom stereocenters. The van der Waals surface area contributed by atoms with E-state index in [-0.39, 0.29) is 17.9 Å². The van der Waals surface area contributed by atoms with Gasteiger partial charge in [0.15, 0.2) is 5.78 Å². The van der Waals surface area contributed by atoms with Crippen molar-refractivity contribution in [3.05, 3.63) is 57.8 Å². The summed E-state index contributed by atoms with van der Waals surface area (Å²) in [5, 5.41) is 2.08. The predicted octanol–water partition coefficient (Wildman–Crippen LogP) is 4.57. The van der Waals surface area contributed by atoms with Crippen molar-refractivity contribution in [3.63, 3.8) is 0 Å². The van der Waals surface area contributed by atoms with Gasteiger partial charge in [-0.2, -0.15) is 0 Å². The Morgan fingerprint density at radius 3 is 2.38 bits per heavy atom. The van der Waals surface area contributed by atoms with Gasteiger partial charge in [-0.3, -0.25) is 9.69 Å². The van der Waals surface area contributed by atoms with Crippen LogP contribution in [0, 0.1) is 0 Å². The molecule has 0 spiro atoms. The van der Waals surface area contributed by atoms with Crippen LogP contribution in [0.25, 0.3) is 0 Å². The Bertz CT molecular complexity index is 574. The van der Waals surface area contributed by atoms with E-state index in [0.29, 0.717) is 0 Å². The summed E-state index contributed by atoms with van der Waals surface area (Å²) < 4.78 is 0. The normalized spacial score (nSPS) is 14.1. The second kappa shape index (κ2) is 7.01. The van der Waals surface area contributed by atoms with Crippen LogP contribution in [0.1, 0.15) is 47.6 Å². The van der Waals surface area contributed by atoms with Gasteiger partial charge < -0.3 is 0 Å². The molecule has 2 atom stereocenters. The summed E-state index contributed by atoms with van der Waals surface area (Å²) in [6, 6.07) is 12.3. The summed E-state index contributed by atoms with van der Waals surface area (Å²) in [5.74, 6) is 0.184. The Labute approximate surface area is 131 Å². The van der Waals surface area contributed by atoms with E-state index in [1.165, 1.54) is 10.4 Å². The Balaban J connectivity index is 2.10. The number of hydrogen-bond donors (Lipinski definition) is 0. The summed E-state index contributed by atoms with van der Waals surface area (Å²) >= 11 is 1.74. The molecule has 1 aromatic heterocycles. The van der Waals surface area contributed by atoms with Gasteiger partial charge in [0.1, 0.15) is 0 Å². The molecule has 2 rings (SSSR count). The monoisotopic (exact) mass is 301 g/mol. The molecule has 1 heterocycles. The maximum Gasteiger partial charge on any atom is 0.179 e. The van der Waals surface area contributed by atoms with Gasteiger partial charge in [0.05, 0.1) is 6.04 Å². The van der Waals surface area contributed by atoms with Gasteiger partial charge >= 0.3 is 0 Å². The van der Waals surface area contributed by atoms with Gasteiger partial charge in [-0.1, -0.05) is 37.3 Å². The number of likely N-dealkylation sites (N-methyl/N-ethyl adjacent to an activating group) is 1. The quantitative estimate of drug-likeness (QED) is 0.728. The van der Waals surface area contributed by atoms with E-state index in [9.17, 15) is 4.79 Å². The van der Waals surface area contributed by atoms with Crippen molar-refractivity contribution < 1.29 is 4.79 Å². The Morgan fingerprint density at radius 2 is 1.86 bits per heavy atom. The minimum atomic E-state index is -0.130. The van der Waals surface area contributed by atoms with Crippen molar-refractivity contribution in [2.45, 2.75) is 39.3 Å². The molecule has 0 amide bonds. The van der Waals surface area contributed by atoms with Crippen LogP contribution in [0.3, 0.4) is 0 Å². The first-order valence-corrected chi connectivity index (χ1v) is 8.31. The SMILES string of the molecule is CCc1ccc(C(=O)C(C)N(C)C(C)c2cccs2)cc1. The van der Waals surface area contributed by atoms with Gasteiger partial charge in [-0.15, -0.1) is 11.3 Å². The van der Waals surface area contributed by atoms with E-state index in [1.54, 1.807) is 11.3 Å². The summed E-state index contributed by atoms with van der Waals surface area (Å²) in [7, 11) is 2.02. The highest BCUT2D eigenvalue weighted by Gasteiger charge is 2.24.